The number of amidine groups is 1. The van der Waals surface area contributed by atoms with E-state index in [4.69, 9.17) is 32.7 Å². The van der Waals surface area contributed by atoms with Crippen molar-refractivity contribution < 1.29 is 14.3 Å². The lowest BCUT2D eigenvalue weighted by Crippen LogP contribution is -2.34. The van der Waals surface area contributed by atoms with Gasteiger partial charge in [0.15, 0.2) is 5.17 Å². The third-order valence-electron chi connectivity index (χ3n) is 4.90. The van der Waals surface area contributed by atoms with Gasteiger partial charge in [0.25, 0.3) is 0 Å². The van der Waals surface area contributed by atoms with E-state index in [1.54, 1.807) is 19.1 Å². The van der Waals surface area contributed by atoms with Gasteiger partial charge in [0.05, 0.1) is 23.9 Å². The Morgan fingerprint density at radius 2 is 2.06 bits per heavy atom. The van der Waals surface area contributed by atoms with Crippen LogP contribution in [-0.4, -0.2) is 22.6 Å². The number of carbonyl (C=O) groups is 1. The molecular formula is C23H20Cl2N2O3S. The molecule has 0 fully saturated rings. The maximum atomic E-state index is 12.8. The molecule has 2 aromatic rings. The molecule has 0 aromatic heterocycles. The molecule has 0 radical (unpaired) electrons. The molecule has 0 saturated heterocycles. The summed E-state index contributed by atoms with van der Waals surface area (Å²) < 4.78 is 11.3. The van der Waals surface area contributed by atoms with Crippen molar-refractivity contribution in [3.05, 3.63) is 86.5 Å². The van der Waals surface area contributed by atoms with Gasteiger partial charge in [-0.2, -0.15) is 0 Å². The number of allylic oxidation sites excluding steroid dienone is 1. The van der Waals surface area contributed by atoms with E-state index in [0.717, 1.165) is 16.3 Å². The molecule has 2 aromatic carbocycles. The van der Waals surface area contributed by atoms with Gasteiger partial charge in [0, 0.05) is 21.8 Å². The summed E-state index contributed by atoms with van der Waals surface area (Å²) in [6.07, 6.45) is 1.93. The largest absolute Gasteiger partial charge is 0.489 e. The fraction of sp³-hybridized carbons (Fsp3) is 0.217. The van der Waals surface area contributed by atoms with E-state index in [0.29, 0.717) is 40.3 Å². The highest BCUT2D eigenvalue weighted by Gasteiger charge is 2.37. The maximum absolute atomic E-state index is 12.8. The zero-order chi connectivity index (χ0) is 22.0. The minimum absolute atomic E-state index is 0.300. The van der Waals surface area contributed by atoms with Crippen LogP contribution in [0.5, 0.6) is 5.75 Å². The second-order valence-electron chi connectivity index (χ2n) is 6.92. The number of carbonyl (C=O) groups excluding carboxylic acids is 1. The number of hydrogen-bond acceptors (Lipinski definition) is 6. The summed E-state index contributed by atoms with van der Waals surface area (Å²) in [4.78, 5) is 19.3. The van der Waals surface area contributed by atoms with Gasteiger partial charge < -0.3 is 14.4 Å². The average Bonchev–Trinajstić information content (AvgIpc) is 3.20. The zero-order valence-electron chi connectivity index (χ0n) is 17.0. The van der Waals surface area contributed by atoms with Crippen molar-refractivity contribution in [1.29, 1.82) is 0 Å². The number of esters is 1. The van der Waals surface area contributed by atoms with Crippen molar-refractivity contribution in [2.75, 3.05) is 6.61 Å². The molecule has 0 aliphatic carbocycles. The van der Waals surface area contributed by atoms with Gasteiger partial charge in [-0.3, -0.25) is 0 Å². The van der Waals surface area contributed by atoms with Crippen molar-refractivity contribution in [1.82, 2.24) is 4.90 Å². The molecule has 2 aliphatic rings. The Labute approximate surface area is 195 Å². The molecule has 2 heterocycles. The monoisotopic (exact) mass is 474 g/mol. The third-order valence-corrected chi connectivity index (χ3v) is 6.26. The molecule has 2 aliphatic heterocycles. The van der Waals surface area contributed by atoms with E-state index in [1.165, 1.54) is 11.8 Å². The topological polar surface area (TPSA) is 51.1 Å². The number of thioether (sulfide) groups is 1. The molecular weight excluding hydrogens is 455 g/mol. The van der Waals surface area contributed by atoms with Crippen LogP contribution in [0.4, 0.5) is 0 Å². The number of fused-ring (bicyclic) bond motifs is 1. The smallest absolute Gasteiger partial charge is 0.338 e. The van der Waals surface area contributed by atoms with Gasteiger partial charge in [0.1, 0.15) is 12.4 Å². The van der Waals surface area contributed by atoms with Crippen LogP contribution in [0.15, 0.2) is 70.3 Å². The summed E-state index contributed by atoms with van der Waals surface area (Å²) in [6, 6.07) is 12.7. The molecule has 5 nitrogen and oxygen atoms in total. The molecule has 8 heteroatoms. The molecule has 1 atom stereocenters. The number of ether oxygens (including phenoxy) is 2. The summed E-state index contributed by atoms with van der Waals surface area (Å²) >= 11 is 13.7. The number of rotatable bonds is 6. The van der Waals surface area contributed by atoms with Gasteiger partial charge in [0.2, 0.25) is 0 Å². The minimum Gasteiger partial charge on any atom is -0.489 e. The Morgan fingerprint density at radius 3 is 2.84 bits per heavy atom. The van der Waals surface area contributed by atoms with Crippen molar-refractivity contribution in [3.8, 4) is 5.75 Å². The Hall–Kier alpha value is -2.41. The van der Waals surface area contributed by atoms with Gasteiger partial charge in [-0.15, -0.1) is 0 Å². The quantitative estimate of drug-likeness (QED) is 0.457. The Balaban J connectivity index is 1.63. The zero-order valence-corrected chi connectivity index (χ0v) is 19.3. The molecule has 0 bridgehead atoms. The fourth-order valence-electron chi connectivity index (χ4n) is 3.47. The minimum atomic E-state index is -0.364. The number of benzene rings is 2. The Morgan fingerprint density at radius 1 is 1.23 bits per heavy atom. The van der Waals surface area contributed by atoms with Crippen LogP contribution < -0.4 is 4.74 Å². The standard InChI is InChI=1S/C23H20Cl2N2O3S/c1-3-29-22(28)20-14(2)26-23-27(9-10-31-23)21(20)15-5-4-6-18(11-15)30-13-16-7-8-17(24)12-19(16)25/h4-12,21H,3,13H2,1-2H3/t21-/m1/s1. The first-order chi connectivity index (χ1) is 15.0. The van der Waals surface area contributed by atoms with E-state index >= 15 is 0 Å². The highest BCUT2D eigenvalue weighted by Crippen LogP contribution is 2.41. The number of hydrogen-bond donors (Lipinski definition) is 0. The first-order valence-corrected chi connectivity index (χ1v) is 11.4. The predicted molar refractivity (Wildman–Crippen MR) is 125 cm³/mol. The molecule has 4 rings (SSSR count). The normalized spacial score (nSPS) is 17.5. The number of nitrogens with zero attached hydrogens (tertiary/aromatic N) is 2. The molecule has 0 saturated carbocycles. The van der Waals surface area contributed by atoms with E-state index < -0.39 is 0 Å². The molecule has 31 heavy (non-hydrogen) atoms. The van der Waals surface area contributed by atoms with Crippen LogP contribution in [0.1, 0.15) is 31.0 Å². The SMILES string of the molecule is CCOC(=O)C1=C(C)N=C2SC=CN2[C@@H]1c1cccc(OCc2ccc(Cl)cc2Cl)c1. The number of aliphatic imine (C=N–C) groups is 1. The van der Waals surface area contributed by atoms with Crippen molar-refractivity contribution in [2.24, 2.45) is 4.99 Å². The number of halogens is 2. The first-order valence-electron chi connectivity index (χ1n) is 9.73. The third kappa shape index (κ3) is 4.61. The lowest BCUT2D eigenvalue weighted by molar-refractivity contribution is -0.139. The van der Waals surface area contributed by atoms with Crippen LogP contribution in [0.3, 0.4) is 0 Å². The van der Waals surface area contributed by atoms with Crippen molar-refractivity contribution >= 4 is 46.1 Å². The van der Waals surface area contributed by atoms with Gasteiger partial charge in [-0.25, -0.2) is 9.79 Å². The van der Waals surface area contributed by atoms with Crippen LogP contribution in [0.2, 0.25) is 10.0 Å². The van der Waals surface area contributed by atoms with E-state index in [1.807, 2.05) is 53.8 Å². The fourth-order valence-corrected chi connectivity index (χ4v) is 4.73. The first kappa shape index (κ1) is 21.8. The summed E-state index contributed by atoms with van der Waals surface area (Å²) in [5.74, 6) is 0.307. The van der Waals surface area contributed by atoms with Crippen LogP contribution in [0, 0.1) is 0 Å². The van der Waals surface area contributed by atoms with Gasteiger partial charge in [-0.1, -0.05) is 53.2 Å². The maximum Gasteiger partial charge on any atom is 0.338 e. The highest BCUT2D eigenvalue weighted by atomic mass is 35.5. The van der Waals surface area contributed by atoms with E-state index in [2.05, 4.69) is 4.99 Å². The van der Waals surface area contributed by atoms with Crippen molar-refractivity contribution in [3.63, 3.8) is 0 Å². The van der Waals surface area contributed by atoms with E-state index in [9.17, 15) is 4.79 Å². The van der Waals surface area contributed by atoms with Gasteiger partial charge in [-0.05, 0) is 49.1 Å². The summed E-state index contributed by atoms with van der Waals surface area (Å²) in [7, 11) is 0. The Bertz CT molecular complexity index is 1110. The van der Waals surface area contributed by atoms with E-state index in [-0.39, 0.29) is 12.0 Å². The average molecular weight is 475 g/mol. The molecule has 0 unspecified atom stereocenters. The molecule has 0 N–H and O–H groups in total. The highest BCUT2D eigenvalue weighted by molar-refractivity contribution is 8.16. The molecule has 160 valence electrons. The summed E-state index contributed by atoms with van der Waals surface area (Å²) in [5, 5.41) is 3.92. The summed E-state index contributed by atoms with van der Waals surface area (Å²) in [5.41, 5.74) is 2.92. The lowest BCUT2D eigenvalue weighted by atomic mass is 9.94. The van der Waals surface area contributed by atoms with Crippen LogP contribution in [-0.2, 0) is 16.1 Å². The molecule has 0 spiro atoms. The summed E-state index contributed by atoms with van der Waals surface area (Å²) in [6.45, 7) is 4.23. The predicted octanol–water partition coefficient (Wildman–Crippen LogP) is 6.34. The van der Waals surface area contributed by atoms with Crippen LogP contribution in [0.25, 0.3) is 0 Å². The lowest BCUT2D eigenvalue weighted by Gasteiger charge is -2.33. The second kappa shape index (κ2) is 9.39. The van der Waals surface area contributed by atoms with Crippen LogP contribution >= 0.6 is 35.0 Å². The molecule has 0 amide bonds. The van der Waals surface area contributed by atoms with Crippen molar-refractivity contribution in [2.45, 2.75) is 26.5 Å². The second-order valence-corrected chi connectivity index (χ2v) is 8.64. The Kier molecular flexibility index (Phi) is 6.60. The van der Waals surface area contributed by atoms with Gasteiger partial charge >= 0.3 is 5.97 Å².